The highest BCUT2D eigenvalue weighted by Gasteiger charge is 2.15. The monoisotopic (exact) mass is 353 g/mol. The molecule has 1 aliphatic rings. The molecule has 0 unspecified atom stereocenters. The molecule has 0 atom stereocenters. The third-order valence-corrected chi connectivity index (χ3v) is 4.75. The van der Waals surface area contributed by atoms with Crippen LogP contribution in [-0.2, 0) is 13.0 Å². The number of nitrogens with one attached hydrogen (secondary N) is 1. The number of anilines is 1. The van der Waals surface area contributed by atoms with E-state index < -0.39 is 0 Å². The van der Waals surface area contributed by atoms with E-state index in [0.717, 1.165) is 42.1 Å². The van der Waals surface area contributed by atoms with Crippen LogP contribution in [0.5, 0.6) is 5.75 Å². The van der Waals surface area contributed by atoms with Crippen LogP contribution in [0, 0.1) is 13.8 Å². The van der Waals surface area contributed by atoms with Crippen LogP contribution in [0.4, 0.5) is 5.69 Å². The van der Waals surface area contributed by atoms with Crippen molar-refractivity contribution in [3.05, 3.63) is 58.1 Å². The van der Waals surface area contributed by atoms with Crippen molar-refractivity contribution < 1.29 is 9.53 Å². The summed E-state index contributed by atoms with van der Waals surface area (Å²) in [6, 6.07) is 9.91. The number of likely N-dealkylation sites (N-methyl/N-ethyl adjacent to an activating group) is 1. The number of aryl methyl sites for hydroxylation is 2. The molecule has 0 bridgehead atoms. The first-order chi connectivity index (χ1) is 12.5. The number of benzene rings is 2. The Morgan fingerprint density at radius 1 is 1.19 bits per heavy atom. The van der Waals surface area contributed by atoms with E-state index in [1.165, 1.54) is 11.1 Å². The van der Waals surface area contributed by atoms with Crippen LogP contribution in [0.2, 0.25) is 0 Å². The molecule has 0 aliphatic carbocycles. The van der Waals surface area contributed by atoms with Crippen molar-refractivity contribution in [1.29, 1.82) is 0 Å². The lowest BCUT2D eigenvalue weighted by atomic mass is 9.99. The van der Waals surface area contributed by atoms with Crippen molar-refractivity contribution in [2.24, 2.45) is 5.73 Å². The van der Waals surface area contributed by atoms with Crippen molar-refractivity contribution in [1.82, 2.24) is 4.90 Å². The third kappa shape index (κ3) is 4.06. The van der Waals surface area contributed by atoms with Crippen LogP contribution in [0.25, 0.3) is 0 Å². The highest BCUT2D eigenvalue weighted by molar-refractivity contribution is 6.04. The van der Waals surface area contributed by atoms with Crippen LogP contribution in [0.1, 0.15) is 32.6 Å². The molecule has 138 valence electrons. The zero-order valence-electron chi connectivity index (χ0n) is 15.8. The van der Waals surface area contributed by atoms with Crippen molar-refractivity contribution in [3.63, 3.8) is 0 Å². The van der Waals surface area contributed by atoms with Gasteiger partial charge < -0.3 is 20.7 Å². The summed E-state index contributed by atoms with van der Waals surface area (Å²) in [5.41, 5.74) is 11.5. The SMILES string of the molecule is Cc1cc(C(=O)Nc2ccc3c(c2)CCN(C)C3)cc(C)c1OCCN. The summed E-state index contributed by atoms with van der Waals surface area (Å²) >= 11 is 0. The Morgan fingerprint density at radius 3 is 2.62 bits per heavy atom. The van der Waals surface area contributed by atoms with Crippen LogP contribution in [0.15, 0.2) is 30.3 Å². The van der Waals surface area contributed by atoms with Crippen molar-refractivity contribution in [2.45, 2.75) is 26.8 Å². The Morgan fingerprint density at radius 2 is 1.92 bits per heavy atom. The van der Waals surface area contributed by atoms with Gasteiger partial charge in [-0.2, -0.15) is 0 Å². The molecule has 0 saturated heterocycles. The molecule has 1 aliphatic heterocycles. The Labute approximate surface area is 155 Å². The predicted molar refractivity (Wildman–Crippen MR) is 105 cm³/mol. The van der Waals surface area contributed by atoms with Gasteiger partial charge in [-0.3, -0.25) is 4.79 Å². The topological polar surface area (TPSA) is 67.6 Å². The zero-order valence-corrected chi connectivity index (χ0v) is 15.8. The Balaban J connectivity index is 1.76. The first kappa shape index (κ1) is 18.4. The first-order valence-corrected chi connectivity index (χ1v) is 9.03. The number of fused-ring (bicyclic) bond motifs is 1. The second kappa shape index (κ2) is 7.89. The fraction of sp³-hybridized carbons (Fsp3) is 0.381. The molecule has 2 aromatic carbocycles. The minimum Gasteiger partial charge on any atom is -0.492 e. The van der Waals surface area contributed by atoms with Crippen LogP contribution in [-0.4, -0.2) is 37.6 Å². The van der Waals surface area contributed by atoms with Gasteiger partial charge in [-0.1, -0.05) is 6.07 Å². The normalized spacial score (nSPS) is 14.0. The average molecular weight is 353 g/mol. The van der Waals surface area contributed by atoms with E-state index in [1.54, 1.807) is 0 Å². The lowest BCUT2D eigenvalue weighted by Gasteiger charge is -2.25. The molecule has 0 spiro atoms. The number of nitrogens with two attached hydrogens (primary N) is 1. The number of rotatable bonds is 5. The fourth-order valence-corrected chi connectivity index (χ4v) is 3.45. The summed E-state index contributed by atoms with van der Waals surface area (Å²) in [5.74, 6) is 0.708. The van der Waals surface area contributed by atoms with Gasteiger partial charge in [0.15, 0.2) is 0 Å². The molecule has 0 radical (unpaired) electrons. The smallest absolute Gasteiger partial charge is 0.255 e. The molecule has 5 nitrogen and oxygen atoms in total. The Kier molecular flexibility index (Phi) is 5.59. The Hall–Kier alpha value is -2.37. The van der Waals surface area contributed by atoms with E-state index in [-0.39, 0.29) is 5.91 Å². The molecular weight excluding hydrogens is 326 g/mol. The molecule has 0 aromatic heterocycles. The molecule has 1 amide bonds. The lowest BCUT2D eigenvalue weighted by molar-refractivity contribution is 0.102. The molecule has 2 aromatic rings. The predicted octanol–water partition coefficient (Wildman–Crippen LogP) is 2.88. The number of hydrogen-bond donors (Lipinski definition) is 2. The minimum atomic E-state index is -0.102. The maximum absolute atomic E-state index is 12.7. The molecular formula is C21H27N3O2. The lowest BCUT2D eigenvalue weighted by Crippen LogP contribution is -2.26. The van der Waals surface area contributed by atoms with E-state index in [9.17, 15) is 4.79 Å². The summed E-state index contributed by atoms with van der Waals surface area (Å²) in [6.45, 7) is 6.85. The van der Waals surface area contributed by atoms with Gasteiger partial charge in [0, 0.05) is 30.9 Å². The summed E-state index contributed by atoms with van der Waals surface area (Å²) < 4.78 is 5.68. The quantitative estimate of drug-likeness (QED) is 0.867. The van der Waals surface area contributed by atoms with Crippen LogP contribution in [0.3, 0.4) is 0 Å². The molecule has 5 heteroatoms. The maximum Gasteiger partial charge on any atom is 0.255 e. The summed E-state index contributed by atoms with van der Waals surface area (Å²) in [5, 5.41) is 3.02. The summed E-state index contributed by atoms with van der Waals surface area (Å²) in [4.78, 5) is 15.0. The fourth-order valence-electron chi connectivity index (χ4n) is 3.45. The number of amides is 1. The summed E-state index contributed by atoms with van der Waals surface area (Å²) in [6.07, 6.45) is 1.01. The van der Waals surface area contributed by atoms with E-state index >= 15 is 0 Å². The van der Waals surface area contributed by atoms with E-state index in [1.807, 2.05) is 32.0 Å². The minimum absolute atomic E-state index is 0.102. The maximum atomic E-state index is 12.7. The van der Waals surface area contributed by atoms with Gasteiger partial charge in [-0.15, -0.1) is 0 Å². The van der Waals surface area contributed by atoms with E-state index in [2.05, 4.69) is 29.4 Å². The second-order valence-electron chi connectivity index (χ2n) is 7.00. The molecule has 26 heavy (non-hydrogen) atoms. The zero-order chi connectivity index (χ0) is 18.7. The van der Waals surface area contributed by atoms with Gasteiger partial charge in [0.1, 0.15) is 12.4 Å². The number of carbonyl (C=O) groups is 1. The van der Waals surface area contributed by atoms with Crippen LogP contribution < -0.4 is 15.8 Å². The molecule has 3 rings (SSSR count). The van der Waals surface area contributed by atoms with Crippen molar-refractivity contribution >= 4 is 11.6 Å². The molecule has 1 heterocycles. The highest BCUT2D eigenvalue weighted by Crippen LogP contribution is 2.26. The van der Waals surface area contributed by atoms with E-state index in [4.69, 9.17) is 10.5 Å². The summed E-state index contributed by atoms with van der Waals surface area (Å²) in [7, 11) is 2.13. The number of hydrogen-bond acceptors (Lipinski definition) is 4. The van der Waals surface area contributed by atoms with E-state index in [0.29, 0.717) is 18.7 Å². The molecule has 0 saturated carbocycles. The molecule has 0 fully saturated rings. The number of carbonyl (C=O) groups excluding carboxylic acids is 1. The van der Waals surface area contributed by atoms with Crippen molar-refractivity contribution in [3.8, 4) is 5.75 Å². The van der Waals surface area contributed by atoms with Crippen molar-refractivity contribution in [2.75, 3.05) is 32.1 Å². The molecule has 3 N–H and O–H groups in total. The largest absolute Gasteiger partial charge is 0.492 e. The average Bonchev–Trinajstić information content (AvgIpc) is 2.61. The first-order valence-electron chi connectivity index (χ1n) is 9.03. The second-order valence-corrected chi connectivity index (χ2v) is 7.00. The Bertz CT molecular complexity index is 794. The van der Waals surface area contributed by atoms with Gasteiger partial charge in [-0.05, 0) is 73.8 Å². The van der Waals surface area contributed by atoms with Gasteiger partial charge in [0.2, 0.25) is 0 Å². The number of nitrogens with zero attached hydrogens (tertiary/aromatic N) is 1. The standard InChI is InChI=1S/C21H27N3O2/c1-14-10-18(11-15(2)20(14)26-9-7-22)21(25)23-19-5-4-17-13-24(3)8-6-16(17)12-19/h4-5,10-12H,6-9,13,22H2,1-3H3,(H,23,25). The van der Waals surface area contributed by atoms with Gasteiger partial charge in [-0.25, -0.2) is 0 Å². The van der Waals surface area contributed by atoms with Crippen LogP contribution >= 0.6 is 0 Å². The highest BCUT2D eigenvalue weighted by atomic mass is 16.5. The third-order valence-electron chi connectivity index (χ3n) is 4.75. The number of ether oxygens (including phenoxy) is 1. The van der Waals surface area contributed by atoms with Gasteiger partial charge in [0.05, 0.1) is 0 Å². The van der Waals surface area contributed by atoms with Gasteiger partial charge >= 0.3 is 0 Å². The van der Waals surface area contributed by atoms with Gasteiger partial charge in [0.25, 0.3) is 5.91 Å².